The van der Waals surface area contributed by atoms with Crippen LogP contribution in [-0.4, -0.2) is 88.4 Å². The molecule has 1 aliphatic rings. The quantitative estimate of drug-likeness (QED) is 0.281. The first-order valence-electron chi connectivity index (χ1n) is 11.0. The van der Waals surface area contributed by atoms with Gasteiger partial charge in [0.15, 0.2) is 0 Å². The minimum absolute atomic E-state index is 0.165. The summed E-state index contributed by atoms with van der Waals surface area (Å²) < 4.78 is 0. The summed E-state index contributed by atoms with van der Waals surface area (Å²) in [7, 11) is 0. The number of hydrogen-bond donors (Lipinski definition) is 4. The van der Waals surface area contributed by atoms with E-state index in [2.05, 4.69) is 10.6 Å². The summed E-state index contributed by atoms with van der Waals surface area (Å²) in [6, 6.07) is -3.25. The van der Waals surface area contributed by atoms with Gasteiger partial charge < -0.3 is 26.4 Å². The van der Waals surface area contributed by atoms with Crippen LogP contribution in [0.15, 0.2) is 0 Å². The van der Waals surface area contributed by atoms with Crippen molar-refractivity contribution >= 4 is 47.2 Å². The molecular weight excluding hydrogens is 452 g/mol. The Bertz CT molecular complexity index is 652. The molecule has 0 aromatic rings. The predicted molar refractivity (Wildman–Crippen MR) is 130 cm³/mol. The van der Waals surface area contributed by atoms with Gasteiger partial charge in [-0.15, -0.1) is 0 Å². The van der Waals surface area contributed by atoms with Gasteiger partial charge in [-0.3, -0.25) is 14.4 Å². The third kappa shape index (κ3) is 8.47. The molecule has 0 aliphatic carbocycles. The van der Waals surface area contributed by atoms with Gasteiger partial charge in [-0.05, 0) is 55.6 Å². The first kappa shape index (κ1) is 28.6. The molecule has 3 amide bonds. The van der Waals surface area contributed by atoms with E-state index in [0.717, 1.165) is 5.75 Å². The summed E-state index contributed by atoms with van der Waals surface area (Å²) in [4.78, 5) is 51.7. The summed E-state index contributed by atoms with van der Waals surface area (Å²) in [6.07, 6.45) is 6.38. The van der Waals surface area contributed by atoms with Crippen molar-refractivity contribution in [3.63, 3.8) is 0 Å². The number of hydrogen-bond acceptors (Lipinski definition) is 7. The van der Waals surface area contributed by atoms with Crippen LogP contribution in [0.25, 0.3) is 0 Å². The second-order valence-electron chi connectivity index (χ2n) is 8.13. The van der Waals surface area contributed by atoms with Crippen LogP contribution in [0, 0.1) is 5.92 Å². The number of nitrogens with one attached hydrogen (secondary N) is 2. The van der Waals surface area contributed by atoms with E-state index >= 15 is 0 Å². The molecule has 0 aromatic heterocycles. The standard InChI is InChI=1S/C21H38N4O5S2/c1-5-13(2)17(24-18(26)14(22)8-11-31-3)19(27)23-15(9-12-32-4)20(28)25-10-6-7-16(25)21(29)30/h13-17H,5-12,22H2,1-4H3,(H,23,27)(H,24,26)(H,29,30). The lowest BCUT2D eigenvalue weighted by Crippen LogP contribution is -2.58. The Balaban J connectivity index is 2.96. The summed E-state index contributed by atoms with van der Waals surface area (Å²) in [5.74, 6) is -1.06. The van der Waals surface area contributed by atoms with E-state index in [1.165, 1.54) is 16.7 Å². The van der Waals surface area contributed by atoms with E-state index in [9.17, 15) is 24.3 Å². The molecule has 1 heterocycles. The summed E-state index contributed by atoms with van der Waals surface area (Å²) >= 11 is 3.13. The maximum absolute atomic E-state index is 13.2. The lowest BCUT2D eigenvalue weighted by molar-refractivity contribution is -0.149. The third-order valence-electron chi connectivity index (χ3n) is 5.81. The number of nitrogens with zero attached hydrogens (tertiary/aromatic N) is 1. The van der Waals surface area contributed by atoms with E-state index in [1.807, 2.05) is 26.4 Å². The molecule has 1 fully saturated rings. The molecule has 5 unspecified atom stereocenters. The minimum atomic E-state index is -1.03. The van der Waals surface area contributed by atoms with Gasteiger partial charge in [0.2, 0.25) is 17.7 Å². The topological polar surface area (TPSA) is 142 Å². The normalized spacial score (nSPS) is 19.7. The number of nitrogens with two attached hydrogens (primary N) is 1. The van der Waals surface area contributed by atoms with Crippen molar-refractivity contribution in [1.82, 2.24) is 15.5 Å². The number of carboxylic acid groups (broad SMARTS) is 1. The maximum Gasteiger partial charge on any atom is 0.326 e. The Morgan fingerprint density at radius 3 is 2.28 bits per heavy atom. The highest BCUT2D eigenvalue weighted by molar-refractivity contribution is 7.98. The number of carbonyl (C=O) groups is 4. The number of rotatable bonds is 14. The Labute approximate surface area is 199 Å². The predicted octanol–water partition coefficient (Wildman–Crippen LogP) is 0.911. The van der Waals surface area contributed by atoms with Gasteiger partial charge in [0.25, 0.3) is 0 Å². The van der Waals surface area contributed by atoms with Gasteiger partial charge in [-0.2, -0.15) is 23.5 Å². The molecule has 0 radical (unpaired) electrons. The third-order valence-corrected chi connectivity index (χ3v) is 7.10. The molecule has 32 heavy (non-hydrogen) atoms. The summed E-state index contributed by atoms with van der Waals surface area (Å²) in [6.45, 7) is 4.14. The molecule has 5 atom stereocenters. The molecule has 1 aliphatic heterocycles. The van der Waals surface area contributed by atoms with Gasteiger partial charge in [0, 0.05) is 6.54 Å². The van der Waals surface area contributed by atoms with Crippen LogP contribution < -0.4 is 16.4 Å². The molecule has 1 rings (SSSR count). The highest BCUT2D eigenvalue weighted by Crippen LogP contribution is 2.20. The largest absolute Gasteiger partial charge is 0.480 e. The average Bonchev–Trinajstić information content (AvgIpc) is 3.27. The number of thioether (sulfide) groups is 2. The van der Waals surface area contributed by atoms with Gasteiger partial charge >= 0.3 is 5.97 Å². The van der Waals surface area contributed by atoms with E-state index in [4.69, 9.17) is 5.73 Å². The number of aliphatic carboxylic acids is 1. The SMILES string of the molecule is CCC(C)C(NC(=O)C(N)CCSC)C(=O)NC(CCSC)C(=O)N1CCCC1C(=O)O. The lowest BCUT2D eigenvalue weighted by Gasteiger charge is -2.30. The fourth-order valence-electron chi connectivity index (χ4n) is 3.58. The zero-order valence-electron chi connectivity index (χ0n) is 19.5. The van der Waals surface area contributed by atoms with Crippen LogP contribution in [0.4, 0.5) is 0 Å². The molecule has 0 saturated carbocycles. The highest BCUT2D eigenvalue weighted by Gasteiger charge is 2.38. The monoisotopic (exact) mass is 490 g/mol. The van der Waals surface area contributed by atoms with Crippen molar-refractivity contribution < 1.29 is 24.3 Å². The first-order chi connectivity index (χ1) is 15.2. The molecule has 5 N–H and O–H groups in total. The molecule has 0 spiro atoms. The maximum atomic E-state index is 13.2. The fraction of sp³-hybridized carbons (Fsp3) is 0.810. The zero-order valence-corrected chi connectivity index (χ0v) is 21.1. The van der Waals surface area contributed by atoms with E-state index < -0.39 is 42.0 Å². The van der Waals surface area contributed by atoms with Crippen molar-refractivity contribution in [2.24, 2.45) is 11.7 Å². The molecule has 184 valence electrons. The van der Waals surface area contributed by atoms with Crippen molar-refractivity contribution in [1.29, 1.82) is 0 Å². The number of carboxylic acids is 1. The Kier molecular flexibility index (Phi) is 13.1. The van der Waals surface area contributed by atoms with E-state index in [1.54, 1.807) is 11.8 Å². The van der Waals surface area contributed by atoms with Crippen LogP contribution in [0.2, 0.25) is 0 Å². The van der Waals surface area contributed by atoms with Crippen molar-refractivity contribution in [3.8, 4) is 0 Å². The van der Waals surface area contributed by atoms with Crippen LogP contribution in [-0.2, 0) is 19.2 Å². The van der Waals surface area contributed by atoms with Crippen molar-refractivity contribution in [2.75, 3.05) is 30.6 Å². The second kappa shape index (κ2) is 14.6. The number of amides is 3. The first-order valence-corrected chi connectivity index (χ1v) is 13.8. The molecule has 0 aromatic carbocycles. The average molecular weight is 491 g/mol. The Morgan fingerprint density at radius 1 is 1.09 bits per heavy atom. The highest BCUT2D eigenvalue weighted by atomic mass is 32.2. The van der Waals surface area contributed by atoms with Gasteiger partial charge in [-0.1, -0.05) is 20.3 Å². The van der Waals surface area contributed by atoms with Crippen LogP contribution in [0.3, 0.4) is 0 Å². The fourth-order valence-corrected chi connectivity index (χ4v) is 4.54. The van der Waals surface area contributed by atoms with Gasteiger partial charge in [0.05, 0.1) is 6.04 Å². The molecule has 9 nitrogen and oxygen atoms in total. The Morgan fingerprint density at radius 2 is 1.72 bits per heavy atom. The number of carbonyl (C=O) groups excluding carboxylic acids is 3. The van der Waals surface area contributed by atoms with Crippen molar-refractivity contribution in [2.45, 2.75) is 70.1 Å². The minimum Gasteiger partial charge on any atom is -0.480 e. The van der Waals surface area contributed by atoms with Crippen LogP contribution in [0.5, 0.6) is 0 Å². The van der Waals surface area contributed by atoms with E-state index in [0.29, 0.717) is 44.4 Å². The lowest BCUT2D eigenvalue weighted by atomic mass is 9.97. The Hall–Kier alpha value is -1.46. The zero-order chi connectivity index (χ0) is 24.3. The summed E-state index contributed by atoms with van der Waals surface area (Å²) in [5, 5.41) is 15.0. The molecule has 11 heteroatoms. The van der Waals surface area contributed by atoms with Gasteiger partial charge in [-0.25, -0.2) is 4.79 Å². The van der Waals surface area contributed by atoms with Gasteiger partial charge in [0.1, 0.15) is 18.1 Å². The second-order valence-corrected chi connectivity index (χ2v) is 10.1. The smallest absolute Gasteiger partial charge is 0.326 e. The van der Waals surface area contributed by atoms with Crippen molar-refractivity contribution in [3.05, 3.63) is 0 Å². The molecule has 0 bridgehead atoms. The van der Waals surface area contributed by atoms with E-state index in [-0.39, 0.29) is 11.8 Å². The molecular formula is C21H38N4O5S2. The molecule has 1 saturated heterocycles. The number of likely N-dealkylation sites (tertiary alicyclic amines) is 1. The van der Waals surface area contributed by atoms with Crippen LogP contribution >= 0.6 is 23.5 Å². The van der Waals surface area contributed by atoms with Crippen LogP contribution in [0.1, 0.15) is 46.0 Å². The summed E-state index contributed by atoms with van der Waals surface area (Å²) in [5.41, 5.74) is 5.96.